The second kappa shape index (κ2) is 6.62. The lowest BCUT2D eigenvalue weighted by Gasteiger charge is -2.49. The number of carboxylic acids is 1. The summed E-state index contributed by atoms with van der Waals surface area (Å²) in [6.07, 6.45) is -0.734. The lowest BCUT2D eigenvalue weighted by atomic mass is 10.0. The number of aliphatic carboxylic acids is 1. The van der Waals surface area contributed by atoms with E-state index < -0.39 is 35.0 Å². The first-order valence-electron chi connectivity index (χ1n) is 7.06. The summed E-state index contributed by atoms with van der Waals surface area (Å²) in [5, 5.41) is 14.7. The molecule has 2 atom stereocenters. The summed E-state index contributed by atoms with van der Waals surface area (Å²) in [7, 11) is 0. The number of carboxylic acid groups (broad SMARTS) is 1. The van der Waals surface area contributed by atoms with Crippen molar-refractivity contribution in [3.05, 3.63) is 21.7 Å². The number of ether oxygens (including phenoxy) is 1. The second-order valence-corrected chi connectivity index (χ2v) is 7.28. The summed E-state index contributed by atoms with van der Waals surface area (Å²) in [6.45, 7) is 4.98. The van der Waals surface area contributed by atoms with Gasteiger partial charge in [-0.15, -0.1) is 11.8 Å². The molecule has 2 amide bonds. The molecule has 24 heavy (non-hydrogen) atoms. The Kier molecular flexibility index (Phi) is 4.95. The highest BCUT2D eigenvalue weighted by Crippen LogP contribution is 2.40. The number of β-lactam (4-membered cyclic amide) rings is 1. The first-order chi connectivity index (χ1) is 11.2. The van der Waals surface area contributed by atoms with Gasteiger partial charge >= 0.3 is 12.1 Å². The summed E-state index contributed by atoms with van der Waals surface area (Å²) >= 11 is 1.29. The van der Waals surface area contributed by atoms with Gasteiger partial charge in [0.15, 0.2) is 0 Å². The Morgan fingerprint density at radius 2 is 2.21 bits per heavy atom. The average molecular weight is 355 g/mol. The number of carbonyl (C=O) groups is 3. The minimum atomic E-state index is -1.27. The molecule has 0 spiro atoms. The van der Waals surface area contributed by atoms with Gasteiger partial charge in [0.1, 0.15) is 22.7 Å². The number of amides is 2. The van der Waals surface area contributed by atoms with Crippen LogP contribution in [0, 0.1) is 0 Å². The van der Waals surface area contributed by atoms with Gasteiger partial charge < -0.3 is 15.2 Å². The highest BCUT2D eigenvalue weighted by atomic mass is 32.2. The summed E-state index contributed by atoms with van der Waals surface area (Å²) in [5.74, 6) is -1.51. The number of alkyl carbamates (subject to hydrolysis) is 1. The van der Waals surface area contributed by atoms with Gasteiger partial charge in [0, 0.05) is 10.7 Å². The molecule has 1 saturated heterocycles. The molecule has 1 unspecified atom stereocenters. The van der Waals surface area contributed by atoms with Crippen LogP contribution in [0.4, 0.5) is 4.79 Å². The molecule has 0 aromatic rings. The molecule has 0 aromatic heterocycles. The molecule has 2 aliphatic heterocycles. The Labute approximate surface area is 141 Å². The highest BCUT2D eigenvalue weighted by molar-refractivity contribution is 8.00. The van der Waals surface area contributed by atoms with Crippen LogP contribution in [0.25, 0.3) is 10.4 Å². The number of fused-ring (bicyclic) bond motifs is 1. The van der Waals surface area contributed by atoms with E-state index in [1.54, 1.807) is 20.8 Å². The van der Waals surface area contributed by atoms with Crippen molar-refractivity contribution in [3.8, 4) is 0 Å². The number of carbonyl (C=O) groups excluding carboxylic acids is 2. The van der Waals surface area contributed by atoms with Gasteiger partial charge in [-0.05, 0) is 31.9 Å². The summed E-state index contributed by atoms with van der Waals surface area (Å²) in [5.41, 5.74) is 7.86. The Balaban J connectivity index is 2.14. The average Bonchev–Trinajstić information content (AvgIpc) is 2.47. The van der Waals surface area contributed by atoms with E-state index in [9.17, 15) is 19.5 Å². The molecule has 2 N–H and O–H groups in total. The van der Waals surface area contributed by atoms with E-state index in [0.717, 1.165) is 4.90 Å². The monoisotopic (exact) mass is 355 g/mol. The number of rotatable bonds is 4. The number of nitrogens with one attached hydrogen (secondary N) is 1. The van der Waals surface area contributed by atoms with Crippen molar-refractivity contribution in [2.75, 3.05) is 12.3 Å². The fraction of sp³-hybridized carbons (Fsp3) is 0.615. The maximum atomic E-state index is 12.3. The first-order valence-corrected chi connectivity index (χ1v) is 8.11. The van der Waals surface area contributed by atoms with Crippen LogP contribution in [0.5, 0.6) is 0 Å². The van der Waals surface area contributed by atoms with E-state index in [1.165, 1.54) is 11.8 Å². The molecule has 2 aliphatic rings. The van der Waals surface area contributed by atoms with E-state index in [1.807, 2.05) is 0 Å². The van der Waals surface area contributed by atoms with E-state index in [2.05, 4.69) is 15.3 Å². The fourth-order valence-electron chi connectivity index (χ4n) is 2.36. The largest absolute Gasteiger partial charge is 0.477 e. The third-order valence-electron chi connectivity index (χ3n) is 3.25. The maximum Gasteiger partial charge on any atom is 0.408 e. The van der Waals surface area contributed by atoms with Gasteiger partial charge in [-0.3, -0.25) is 9.69 Å². The predicted octanol–water partition coefficient (Wildman–Crippen LogP) is 1.44. The molecule has 2 rings (SSSR count). The quantitative estimate of drug-likeness (QED) is 0.338. The van der Waals surface area contributed by atoms with E-state index in [4.69, 9.17) is 10.3 Å². The van der Waals surface area contributed by atoms with Crippen molar-refractivity contribution in [2.24, 2.45) is 5.11 Å². The number of azide groups is 1. The van der Waals surface area contributed by atoms with Crippen LogP contribution in [-0.2, 0) is 14.3 Å². The molecule has 1 fully saturated rings. The van der Waals surface area contributed by atoms with Crippen LogP contribution in [0.3, 0.4) is 0 Å². The standard InChI is InChI=1S/C13H17N5O5S/c1-13(2,3)23-12(22)16-7-9(19)18-8(11(20)21)6(4-15-17-14)5-24-10(7)18/h7,10H,4-5H2,1-3H3,(H,16,22)(H,20,21)/t7?,10-/m1/s1. The Morgan fingerprint density at radius 1 is 1.54 bits per heavy atom. The molecule has 0 saturated carbocycles. The van der Waals surface area contributed by atoms with E-state index in [-0.39, 0.29) is 12.2 Å². The van der Waals surface area contributed by atoms with Gasteiger partial charge in [0.2, 0.25) is 0 Å². The minimum Gasteiger partial charge on any atom is -0.477 e. The normalized spacial score (nSPS) is 23.0. The molecule has 0 bridgehead atoms. The van der Waals surface area contributed by atoms with Crippen LogP contribution in [-0.4, -0.2) is 57.3 Å². The van der Waals surface area contributed by atoms with Crippen LogP contribution in [0.15, 0.2) is 16.4 Å². The molecule has 2 heterocycles. The van der Waals surface area contributed by atoms with Crippen molar-refractivity contribution >= 4 is 29.7 Å². The van der Waals surface area contributed by atoms with E-state index in [0.29, 0.717) is 11.3 Å². The first kappa shape index (κ1) is 18.0. The summed E-state index contributed by atoms with van der Waals surface area (Å²) in [6, 6.07) is -0.847. The zero-order chi connectivity index (χ0) is 18.1. The molecule has 130 valence electrons. The smallest absolute Gasteiger partial charge is 0.408 e. The minimum absolute atomic E-state index is 0.119. The number of thioether (sulfide) groups is 1. The topological polar surface area (TPSA) is 145 Å². The molecule has 11 heteroatoms. The fourth-order valence-corrected chi connectivity index (χ4v) is 3.69. The zero-order valence-electron chi connectivity index (χ0n) is 13.3. The van der Waals surface area contributed by atoms with Crippen LogP contribution in [0.1, 0.15) is 20.8 Å². The molecular formula is C13H17N5O5S. The van der Waals surface area contributed by atoms with Crippen molar-refractivity contribution in [1.82, 2.24) is 10.2 Å². The van der Waals surface area contributed by atoms with Crippen molar-refractivity contribution in [3.63, 3.8) is 0 Å². The van der Waals surface area contributed by atoms with Gasteiger partial charge in [0.05, 0.1) is 6.54 Å². The molecule has 10 nitrogen and oxygen atoms in total. The molecule has 0 aliphatic carbocycles. The Morgan fingerprint density at radius 3 is 2.75 bits per heavy atom. The summed E-state index contributed by atoms with van der Waals surface area (Å²) in [4.78, 5) is 39.3. The highest BCUT2D eigenvalue weighted by Gasteiger charge is 2.54. The SMILES string of the molecule is CC(C)(C)OC(=O)NC1C(=O)N2C(C(=O)O)=C(CN=[N+]=[N-])CS[C@H]12. The maximum absolute atomic E-state index is 12.3. The number of nitrogens with zero attached hydrogens (tertiary/aromatic N) is 4. The number of hydrogen-bond acceptors (Lipinski definition) is 6. The van der Waals surface area contributed by atoms with E-state index >= 15 is 0 Å². The van der Waals surface area contributed by atoms with Crippen molar-refractivity contribution < 1.29 is 24.2 Å². The third-order valence-corrected chi connectivity index (χ3v) is 4.59. The summed E-state index contributed by atoms with van der Waals surface area (Å²) < 4.78 is 5.11. The lowest BCUT2D eigenvalue weighted by Crippen LogP contribution is -2.70. The molecule has 0 aromatic carbocycles. The zero-order valence-corrected chi connectivity index (χ0v) is 14.2. The van der Waals surface area contributed by atoms with Crippen molar-refractivity contribution in [1.29, 1.82) is 0 Å². The van der Waals surface area contributed by atoms with Gasteiger partial charge in [-0.1, -0.05) is 5.11 Å². The van der Waals surface area contributed by atoms with Gasteiger partial charge in [-0.2, -0.15) is 0 Å². The molecule has 0 radical (unpaired) electrons. The van der Waals surface area contributed by atoms with Crippen molar-refractivity contribution in [2.45, 2.75) is 37.8 Å². The lowest BCUT2D eigenvalue weighted by molar-refractivity contribution is -0.149. The van der Waals surface area contributed by atoms with Gasteiger partial charge in [-0.25, -0.2) is 9.59 Å². The van der Waals surface area contributed by atoms with Crippen LogP contribution >= 0.6 is 11.8 Å². The van der Waals surface area contributed by atoms with Gasteiger partial charge in [0.25, 0.3) is 5.91 Å². The predicted molar refractivity (Wildman–Crippen MR) is 84.9 cm³/mol. The number of hydrogen-bond donors (Lipinski definition) is 2. The van der Waals surface area contributed by atoms with Crippen LogP contribution < -0.4 is 5.32 Å². The second-order valence-electron chi connectivity index (χ2n) is 6.18. The third kappa shape index (κ3) is 3.57. The van der Waals surface area contributed by atoms with Crippen LogP contribution in [0.2, 0.25) is 0 Å². The molecular weight excluding hydrogens is 338 g/mol. The Bertz CT molecular complexity index is 664. The Hall–Kier alpha value is -2.39.